The Morgan fingerprint density at radius 2 is 2.15 bits per heavy atom. The Balaban J connectivity index is 2.69. The topological polar surface area (TPSA) is 68.9 Å². The molecule has 2 rings (SSSR count). The molecule has 2 N–H and O–H groups in total. The number of ketones is 1. The first-order valence-corrected chi connectivity index (χ1v) is 6.08. The van der Waals surface area contributed by atoms with Gasteiger partial charge in [0.05, 0.1) is 5.56 Å². The van der Waals surface area contributed by atoms with Gasteiger partial charge < -0.3 is 5.73 Å². The molecule has 1 aromatic carbocycles. The van der Waals surface area contributed by atoms with E-state index in [9.17, 15) is 9.18 Å². The maximum Gasteiger partial charge on any atom is 0.178 e. The summed E-state index contributed by atoms with van der Waals surface area (Å²) in [5, 5.41) is 0.258. The van der Waals surface area contributed by atoms with Gasteiger partial charge >= 0.3 is 0 Å². The van der Waals surface area contributed by atoms with E-state index in [1.165, 1.54) is 25.1 Å². The van der Waals surface area contributed by atoms with Crippen LogP contribution in [0, 0.1) is 5.82 Å². The number of hydrogen-bond acceptors (Lipinski definition) is 4. The SMILES string of the molecule is C=Cc1c(N)nc(-c2ccc(Cl)cc2F)nc1C(C)=O. The zero-order valence-corrected chi connectivity index (χ0v) is 11.4. The van der Waals surface area contributed by atoms with Crippen molar-refractivity contribution in [2.75, 3.05) is 5.73 Å². The molecular formula is C14H11ClFN3O. The fourth-order valence-corrected chi connectivity index (χ4v) is 1.91. The quantitative estimate of drug-likeness (QED) is 0.880. The molecule has 1 aromatic heterocycles. The number of nitrogens with zero attached hydrogens (tertiary/aromatic N) is 2. The highest BCUT2D eigenvalue weighted by Crippen LogP contribution is 2.26. The van der Waals surface area contributed by atoms with Crippen LogP contribution in [0.4, 0.5) is 10.2 Å². The highest BCUT2D eigenvalue weighted by atomic mass is 35.5. The van der Waals surface area contributed by atoms with Gasteiger partial charge in [0.2, 0.25) is 0 Å². The normalized spacial score (nSPS) is 10.3. The second-order valence-electron chi connectivity index (χ2n) is 4.08. The lowest BCUT2D eigenvalue weighted by Crippen LogP contribution is -2.08. The zero-order valence-electron chi connectivity index (χ0n) is 10.7. The number of hydrogen-bond donors (Lipinski definition) is 1. The fraction of sp³-hybridized carbons (Fsp3) is 0.0714. The summed E-state index contributed by atoms with van der Waals surface area (Å²) in [6.07, 6.45) is 1.40. The van der Waals surface area contributed by atoms with Crippen LogP contribution in [0.15, 0.2) is 24.8 Å². The monoisotopic (exact) mass is 291 g/mol. The lowest BCUT2D eigenvalue weighted by atomic mass is 10.1. The number of anilines is 1. The van der Waals surface area contributed by atoms with E-state index in [2.05, 4.69) is 16.5 Å². The molecular weight excluding hydrogens is 281 g/mol. The molecule has 20 heavy (non-hydrogen) atoms. The Morgan fingerprint density at radius 3 is 2.70 bits per heavy atom. The van der Waals surface area contributed by atoms with E-state index in [1.54, 1.807) is 0 Å². The van der Waals surface area contributed by atoms with Gasteiger partial charge in [-0.15, -0.1) is 0 Å². The van der Waals surface area contributed by atoms with Gasteiger partial charge in [0.25, 0.3) is 0 Å². The molecule has 0 radical (unpaired) electrons. The van der Waals surface area contributed by atoms with Crippen LogP contribution in [0.3, 0.4) is 0 Å². The molecule has 0 spiro atoms. The first kappa shape index (κ1) is 14.1. The molecule has 0 amide bonds. The minimum atomic E-state index is -0.585. The van der Waals surface area contributed by atoms with E-state index in [1.807, 2.05) is 0 Å². The Kier molecular flexibility index (Phi) is 3.81. The van der Waals surface area contributed by atoms with Crippen LogP contribution >= 0.6 is 11.6 Å². The van der Waals surface area contributed by atoms with Gasteiger partial charge in [-0.3, -0.25) is 4.79 Å². The molecule has 2 aromatic rings. The standard InChI is InChI=1S/C14H11ClFN3O/c1-3-9-12(7(2)20)18-14(19-13(9)17)10-5-4-8(15)6-11(10)16/h3-6H,1H2,2H3,(H2,17,18,19). The third-order valence-corrected chi connectivity index (χ3v) is 2.92. The largest absolute Gasteiger partial charge is 0.383 e. The molecule has 0 aliphatic rings. The van der Waals surface area contributed by atoms with Crippen molar-refractivity contribution < 1.29 is 9.18 Å². The Bertz CT molecular complexity index is 716. The van der Waals surface area contributed by atoms with E-state index in [0.717, 1.165) is 6.07 Å². The number of aromatic nitrogens is 2. The van der Waals surface area contributed by atoms with E-state index in [0.29, 0.717) is 5.56 Å². The van der Waals surface area contributed by atoms with Crippen LogP contribution in [0.1, 0.15) is 23.0 Å². The van der Waals surface area contributed by atoms with Crippen molar-refractivity contribution in [3.63, 3.8) is 0 Å². The van der Waals surface area contributed by atoms with Gasteiger partial charge in [0.1, 0.15) is 17.3 Å². The molecule has 0 fully saturated rings. The fourth-order valence-electron chi connectivity index (χ4n) is 1.75. The summed E-state index contributed by atoms with van der Waals surface area (Å²) in [5.41, 5.74) is 6.34. The van der Waals surface area contributed by atoms with Crippen LogP contribution in [-0.2, 0) is 0 Å². The average molecular weight is 292 g/mol. The second kappa shape index (κ2) is 5.38. The van der Waals surface area contributed by atoms with Gasteiger partial charge in [-0.05, 0) is 18.2 Å². The first-order valence-electron chi connectivity index (χ1n) is 5.70. The molecule has 1 heterocycles. The predicted octanol–water partition coefficient (Wildman–Crippen LogP) is 3.36. The molecule has 102 valence electrons. The molecule has 0 bridgehead atoms. The van der Waals surface area contributed by atoms with Crippen molar-refractivity contribution in [1.29, 1.82) is 0 Å². The van der Waals surface area contributed by atoms with Gasteiger partial charge in [-0.25, -0.2) is 14.4 Å². The minimum absolute atomic E-state index is 0.0347. The number of benzene rings is 1. The predicted molar refractivity (Wildman–Crippen MR) is 76.9 cm³/mol. The van der Waals surface area contributed by atoms with E-state index < -0.39 is 5.82 Å². The number of halogens is 2. The van der Waals surface area contributed by atoms with Crippen LogP contribution in [0.2, 0.25) is 5.02 Å². The van der Waals surface area contributed by atoms with Crippen LogP contribution < -0.4 is 5.73 Å². The second-order valence-corrected chi connectivity index (χ2v) is 4.52. The summed E-state index contributed by atoms with van der Waals surface area (Å²) in [5.74, 6) is -0.778. The van der Waals surface area contributed by atoms with E-state index in [-0.39, 0.29) is 33.7 Å². The van der Waals surface area contributed by atoms with E-state index >= 15 is 0 Å². The third-order valence-electron chi connectivity index (χ3n) is 2.68. The van der Waals surface area contributed by atoms with Crippen molar-refractivity contribution in [1.82, 2.24) is 9.97 Å². The third kappa shape index (κ3) is 2.53. The van der Waals surface area contributed by atoms with Crippen LogP contribution in [-0.4, -0.2) is 15.8 Å². The molecule has 6 heteroatoms. The zero-order chi connectivity index (χ0) is 14.9. The molecule has 0 saturated carbocycles. The maximum atomic E-state index is 13.9. The van der Waals surface area contributed by atoms with Crippen LogP contribution in [0.5, 0.6) is 0 Å². The maximum absolute atomic E-state index is 13.9. The van der Waals surface area contributed by atoms with Gasteiger partial charge in [0.15, 0.2) is 11.6 Å². The smallest absolute Gasteiger partial charge is 0.178 e. The number of Topliss-reactive ketones (excluding diaryl/α,β-unsaturated/α-hetero) is 1. The molecule has 0 aliphatic carbocycles. The average Bonchev–Trinajstić information content (AvgIpc) is 2.37. The number of carbonyl (C=O) groups is 1. The van der Waals surface area contributed by atoms with E-state index in [4.69, 9.17) is 17.3 Å². The molecule has 0 atom stereocenters. The molecule has 0 aliphatic heterocycles. The number of nitrogens with two attached hydrogens (primary N) is 1. The molecule has 0 unspecified atom stereocenters. The number of carbonyl (C=O) groups excluding carboxylic acids is 1. The lowest BCUT2D eigenvalue weighted by Gasteiger charge is -2.09. The number of nitrogen functional groups attached to an aromatic ring is 1. The summed E-state index contributed by atoms with van der Waals surface area (Å²) in [4.78, 5) is 19.7. The number of rotatable bonds is 3. The lowest BCUT2D eigenvalue weighted by molar-refractivity contribution is 0.101. The minimum Gasteiger partial charge on any atom is -0.383 e. The summed E-state index contributed by atoms with van der Waals surface area (Å²) in [7, 11) is 0. The highest BCUT2D eigenvalue weighted by Gasteiger charge is 2.16. The van der Waals surface area contributed by atoms with Gasteiger partial charge in [-0.1, -0.05) is 24.3 Å². The molecule has 0 saturated heterocycles. The van der Waals surface area contributed by atoms with Crippen molar-refractivity contribution >= 4 is 29.3 Å². The highest BCUT2D eigenvalue weighted by molar-refractivity contribution is 6.30. The summed E-state index contributed by atoms with van der Waals surface area (Å²) < 4.78 is 13.9. The summed E-state index contributed by atoms with van der Waals surface area (Å²) >= 11 is 5.69. The Labute approximate surface area is 120 Å². The summed E-state index contributed by atoms with van der Waals surface area (Å²) in [6.45, 7) is 4.91. The Morgan fingerprint density at radius 1 is 1.45 bits per heavy atom. The first-order chi connectivity index (χ1) is 9.43. The molecule has 4 nitrogen and oxygen atoms in total. The Hall–Kier alpha value is -2.27. The van der Waals surface area contributed by atoms with Crippen molar-refractivity contribution in [2.45, 2.75) is 6.92 Å². The van der Waals surface area contributed by atoms with Crippen molar-refractivity contribution in [3.8, 4) is 11.4 Å². The van der Waals surface area contributed by atoms with Gasteiger partial charge in [0, 0.05) is 17.5 Å². The van der Waals surface area contributed by atoms with Crippen molar-refractivity contribution in [2.24, 2.45) is 0 Å². The summed E-state index contributed by atoms with van der Waals surface area (Å²) in [6, 6.07) is 4.09. The van der Waals surface area contributed by atoms with Crippen molar-refractivity contribution in [3.05, 3.63) is 46.9 Å². The van der Waals surface area contributed by atoms with Crippen LogP contribution in [0.25, 0.3) is 17.5 Å². The van der Waals surface area contributed by atoms with Gasteiger partial charge in [-0.2, -0.15) is 0 Å².